The summed E-state index contributed by atoms with van der Waals surface area (Å²) in [6, 6.07) is 0. The summed E-state index contributed by atoms with van der Waals surface area (Å²) in [4.78, 5) is 0. The highest BCUT2D eigenvalue weighted by atomic mass is 16.3. The van der Waals surface area contributed by atoms with Crippen LogP contribution in [-0.2, 0) is 0 Å². The van der Waals surface area contributed by atoms with Crippen LogP contribution in [0.2, 0.25) is 0 Å². The van der Waals surface area contributed by atoms with Gasteiger partial charge < -0.3 is 10.2 Å². The van der Waals surface area contributed by atoms with Crippen LogP contribution >= 0.6 is 0 Å². The summed E-state index contributed by atoms with van der Waals surface area (Å²) in [6.45, 7) is 6.13. The molecule has 2 nitrogen and oxygen atoms in total. The summed E-state index contributed by atoms with van der Waals surface area (Å²) in [7, 11) is 0. The molecule has 0 saturated heterocycles. The third kappa shape index (κ3) is 7.57. The Labute approximate surface area is 94.0 Å². The zero-order chi connectivity index (χ0) is 11.5. The molecule has 0 aliphatic carbocycles. The van der Waals surface area contributed by atoms with Gasteiger partial charge in [0.2, 0.25) is 0 Å². The zero-order valence-corrected chi connectivity index (χ0v) is 9.99. The number of aliphatic hydroxyl groups excluding tert-OH is 2. The average Bonchev–Trinajstić information content (AvgIpc) is 2.26. The van der Waals surface area contributed by atoms with Gasteiger partial charge >= 0.3 is 0 Å². The summed E-state index contributed by atoms with van der Waals surface area (Å²) in [5.74, 6) is 0.202. The molecule has 0 bridgehead atoms. The van der Waals surface area contributed by atoms with E-state index in [1.807, 2.05) is 6.08 Å². The van der Waals surface area contributed by atoms with Crippen LogP contribution in [0.3, 0.4) is 0 Å². The standard InChI is InChI=1S/C13H26O2/c1-3-5-6-7-9-12(4-2)13(15)10-8-11-14/h4,12-15H,2-3,5-11H2,1H3/t12-,13-/m0/s1. The molecule has 0 aromatic carbocycles. The molecule has 2 N–H and O–H groups in total. The highest BCUT2D eigenvalue weighted by molar-refractivity contribution is 4.84. The molecule has 2 atom stereocenters. The largest absolute Gasteiger partial charge is 0.396 e. The highest BCUT2D eigenvalue weighted by Crippen LogP contribution is 2.18. The fraction of sp³-hybridized carbons (Fsp3) is 0.846. The fourth-order valence-electron chi connectivity index (χ4n) is 1.79. The number of rotatable bonds is 10. The highest BCUT2D eigenvalue weighted by Gasteiger charge is 2.14. The van der Waals surface area contributed by atoms with E-state index in [2.05, 4.69) is 13.5 Å². The van der Waals surface area contributed by atoms with Gasteiger partial charge in [-0.15, -0.1) is 6.58 Å². The molecule has 90 valence electrons. The van der Waals surface area contributed by atoms with E-state index in [0.717, 1.165) is 6.42 Å². The van der Waals surface area contributed by atoms with E-state index in [9.17, 15) is 5.11 Å². The van der Waals surface area contributed by atoms with E-state index in [1.54, 1.807) is 0 Å². The number of hydrogen-bond donors (Lipinski definition) is 2. The normalized spacial score (nSPS) is 14.9. The molecule has 15 heavy (non-hydrogen) atoms. The average molecular weight is 214 g/mol. The van der Waals surface area contributed by atoms with Gasteiger partial charge in [-0.2, -0.15) is 0 Å². The third-order valence-corrected chi connectivity index (χ3v) is 2.85. The maximum Gasteiger partial charge on any atom is 0.0603 e. The van der Waals surface area contributed by atoms with Crippen molar-refractivity contribution < 1.29 is 10.2 Å². The maximum absolute atomic E-state index is 9.81. The predicted molar refractivity (Wildman–Crippen MR) is 64.8 cm³/mol. The van der Waals surface area contributed by atoms with Crippen LogP contribution in [0, 0.1) is 5.92 Å². The molecule has 0 aromatic rings. The van der Waals surface area contributed by atoms with Crippen LogP contribution in [0.15, 0.2) is 12.7 Å². The van der Waals surface area contributed by atoms with Crippen molar-refractivity contribution in [1.82, 2.24) is 0 Å². The van der Waals surface area contributed by atoms with E-state index in [0.29, 0.717) is 12.8 Å². The molecule has 0 aliphatic heterocycles. The van der Waals surface area contributed by atoms with Crippen molar-refractivity contribution in [2.24, 2.45) is 5.92 Å². The molecule has 0 unspecified atom stereocenters. The molecule has 0 aliphatic rings. The first-order valence-corrected chi connectivity index (χ1v) is 6.17. The van der Waals surface area contributed by atoms with Gasteiger partial charge in [0, 0.05) is 12.5 Å². The minimum atomic E-state index is -0.323. The second-order valence-electron chi connectivity index (χ2n) is 4.18. The molecule has 0 radical (unpaired) electrons. The van der Waals surface area contributed by atoms with Crippen molar-refractivity contribution in [2.45, 2.75) is 58.0 Å². The van der Waals surface area contributed by atoms with E-state index >= 15 is 0 Å². The second kappa shape index (κ2) is 10.2. The van der Waals surface area contributed by atoms with Crippen molar-refractivity contribution in [3.8, 4) is 0 Å². The van der Waals surface area contributed by atoms with Gasteiger partial charge in [-0.25, -0.2) is 0 Å². The van der Waals surface area contributed by atoms with Crippen LogP contribution in [0.1, 0.15) is 51.9 Å². The van der Waals surface area contributed by atoms with Crippen molar-refractivity contribution in [1.29, 1.82) is 0 Å². The summed E-state index contributed by atoms with van der Waals surface area (Å²) in [5.41, 5.74) is 0. The molecule has 0 aromatic heterocycles. The molecular formula is C13H26O2. The molecule has 0 rings (SSSR count). The number of unbranched alkanes of at least 4 members (excludes halogenated alkanes) is 3. The second-order valence-corrected chi connectivity index (χ2v) is 4.18. The molecule has 2 heteroatoms. The molecular weight excluding hydrogens is 188 g/mol. The molecule has 0 fully saturated rings. The number of hydrogen-bond acceptors (Lipinski definition) is 2. The van der Waals surface area contributed by atoms with Crippen LogP contribution < -0.4 is 0 Å². The van der Waals surface area contributed by atoms with E-state index in [4.69, 9.17) is 5.11 Å². The lowest BCUT2D eigenvalue weighted by Crippen LogP contribution is -2.18. The lowest BCUT2D eigenvalue weighted by molar-refractivity contribution is 0.105. The Balaban J connectivity index is 3.65. The Bertz CT molecular complexity index is 145. The molecule has 0 amide bonds. The lowest BCUT2D eigenvalue weighted by atomic mass is 9.92. The Kier molecular flexibility index (Phi) is 9.96. The quantitative estimate of drug-likeness (QED) is 0.433. The van der Waals surface area contributed by atoms with E-state index in [1.165, 1.54) is 25.7 Å². The Hall–Kier alpha value is -0.340. The van der Waals surface area contributed by atoms with Gasteiger partial charge in [0.1, 0.15) is 0 Å². The van der Waals surface area contributed by atoms with E-state index in [-0.39, 0.29) is 18.6 Å². The summed E-state index contributed by atoms with van der Waals surface area (Å²) < 4.78 is 0. The SMILES string of the molecule is C=C[C@@H](CCCCCC)[C@@H](O)CCCO. The van der Waals surface area contributed by atoms with Gasteiger partial charge in [0.05, 0.1) is 6.10 Å². The van der Waals surface area contributed by atoms with Gasteiger partial charge in [0.25, 0.3) is 0 Å². The topological polar surface area (TPSA) is 40.5 Å². The van der Waals surface area contributed by atoms with E-state index < -0.39 is 0 Å². The molecule has 0 heterocycles. The minimum absolute atomic E-state index is 0.163. The first-order valence-electron chi connectivity index (χ1n) is 6.17. The lowest BCUT2D eigenvalue weighted by Gasteiger charge is -2.19. The van der Waals surface area contributed by atoms with Gasteiger partial charge in [0.15, 0.2) is 0 Å². The summed E-state index contributed by atoms with van der Waals surface area (Å²) in [5, 5.41) is 18.5. The predicted octanol–water partition coefficient (Wildman–Crippen LogP) is 2.89. The molecule has 0 spiro atoms. The summed E-state index contributed by atoms with van der Waals surface area (Å²) in [6.07, 6.45) is 8.85. The zero-order valence-electron chi connectivity index (χ0n) is 9.99. The Morgan fingerprint density at radius 1 is 1.13 bits per heavy atom. The first-order chi connectivity index (χ1) is 7.26. The van der Waals surface area contributed by atoms with Crippen LogP contribution in [0.5, 0.6) is 0 Å². The fourth-order valence-corrected chi connectivity index (χ4v) is 1.79. The van der Waals surface area contributed by atoms with Gasteiger partial charge in [-0.3, -0.25) is 0 Å². The third-order valence-electron chi connectivity index (χ3n) is 2.85. The van der Waals surface area contributed by atoms with Crippen LogP contribution in [-0.4, -0.2) is 22.9 Å². The van der Waals surface area contributed by atoms with Crippen molar-refractivity contribution in [2.75, 3.05) is 6.61 Å². The van der Waals surface area contributed by atoms with Crippen molar-refractivity contribution in [3.63, 3.8) is 0 Å². The molecule has 0 saturated carbocycles. The van der Waals surface area contributed by atoms with Gasteiger partial charge in [-0.05, 0) is 19.3 Å². The van der Waals surface area contributed by atoms with Crippen LogP contribution in [0.4, 0.5) is 0 Å². The smallest absolute Gasteiger partial charge is 0.0603 e. The maximum atomic E-state index is 9.81. The summed E-state index contributed by atoms with van der Waals surface area (Å²) >= 11 is 0. The van der Waals surface area contributed by atoms with Crippen molar-refractivity contribution in [3.05, 3.63) is 12.7 Å². The van der Waals surface area contributed by atoms with Crippen LogP contribution in [0.25, 0.3) is 0 Å². The first kappa shape index (κ1) is 14.7. The number of aliphatic hydroxyl groups is 2. The Morgan fingerprint density at radius 3 is 2.40 bits per heavy atom. The minimum Gasteiger partial charge on any atom is -0.396 e. The Morgan fingerprint density at radius 2 is 1.87 bits per heavy atom. The monoisotopic (exact) mass is 214 g/mol. The van der Waals surface area contributed by atoms with Gasteiger partial charge in [-0.1, -0.05) is 38.7 Å². The van der Waals surface area contributed by atoms with Crippen molar-refractivity contribution >= 4 is 0 Å².